The molecular formula is C43H57NO10. The first-order valence-electron chi connectivity index (χ1n) is 19.0. The number of Topliss-reactive ketones (excluding diaryl/α,β-unsaturated/α-hetero) is 2. The fourth-order valence-corrected chi connectivity index (χ4v) is 5.80. The van der Waals surface area contributed by atoms with E-state index in [1.807, 2.05) is 0 Å². The number of esters is 1. The van der Waals surface area contributed by atoms with Gasteiger partial charge in [-0.05, 0) is 50.3 Å². The number of unbranched alkanes of at least 4 members (excludes halogenated alkanes) is 8. The number of benzene rings is 2. The molecule has 3 atom stereocenters. The highest BCUT2D eigenvalue weighted by Crippen LogP contribution is 2.26. The van der Waals surface area contributed by atoms with Crippen LogP contribution in [0.3, 0.4) is 0 Å². The monoisotopic (exact) mass is 747 g/mol. The Balaban J connectivity index is 2.14. The van der Waals surface area contributed by atoms with Gasteiger partial charge in [0.25, 0.3) is 0 Å². The van der Waals surface area contributed by atoms with Crippen LogP contribution in [-0.4, -0.2) is 76.2 Å². The van der Waals surface area contributed by atoms with Gasteiger partial charge in [0.15, 0.2) is 18.0 Å². The Labute approximate surface area is 319 Å². The van der Waals surface area contributed by atoms with Crippen LogP contribution >= 0.6 is 0 Å². The standard InChI is InChI=1S/C43H57NO10/c1-3-5-7-10-16-21-35(46)22-17-11-8-9-12-18-23-37(43(52,28-29-45)42(50)51)40(48)44-38(31-33-24-26-36(27-25-33)53-30-6-4-2)41(49)54-32-39(47)34-19-14-13-15-20-34/h13-15,18-20,23-27,37-38,45,52H,3,5,7-12,16-17,21-22,28-32H2,1-2H3,(H,44,48)(H,50,51)/t37-,38+,43+/m1/s1. The largest absolute Gasteiger partial charge is 0.481 e. The molecule has 2 rings (SSSR count). The Bertz CT molecular complexity index is 1540. The van der Waals surface area contributed by atoms with E-state index in [4.69, 9.17) is 9.47 Å². The third kappa shape index (κ3) is 16.9. The smallest absolute Gasteiger partial charge is 0.336 e. The summed E-state index contributed by atoms with van der Waals surface area (Å²) in [6, 6.07) is 13.6. The lowest BCUT2D eigenvalue weighted by molar-refractivity contribution is -0.168. The fraction of sp³-hybridized carbons (Fsp3) is 0.512. The summed E-state index contributed by atoms with van der Waals surface area (Å²) in [5.41, 5.74) is -1.77. The normalized spacial score (nSPS) is 13.2. The lowest BCUT2D eigenvalue weighted by atomic mass is 9.83. The Morgan fingerprint density at radius 2 is 1.54 bits per heavy atom. The number of ether oxygens (including phenoxy) is 2. The molecule has 1 amide bonds. The first-order chi connectivity index (χ1) is 26.0. The summed E-state index contributed by atoms with van der Waals surface area (Å²) in [6.07, 6.45) is 12.5. The zero-order chi connectivity index (χ0) is 39.6. The Morgan fingerprint density at radius 1 is 0.889 bits per heavy atom. The number of hydrogen-bond acceptors (Lipinski definition) is 9. The summed E-state index contributed by atoms with van der Waals surface area (Å²) in [5, 5.41) is 33.4. The van der Waals surface area contributed by atoms with E-state index in [1.165, 1.54) is 18.9 Å². The number of nitrogens with one attached hydrogen (secondary N) is 1. The van der Waals surface area contributed by atoms with Crippen molar-refractivity contribution in [3.63, 3.8) is 0 Å². The van der Waals surface area contributed by atoms with Gasteiger partial charge in [0.1, 0.15) is 24.2 Å². The van der Waals surface area contributed by atoms with Crippen molar-refractivity contribution in [3.05, 3.63) is 77.9 Å². The number of ketones is 2. The maximum atomic E-state index is 13.8. The fourth-order valence-electron chi connectivity index (χ4n) is 5.80. The molecule has 294 valence electrons. The van der Waals surface area contributed by atoms with E-state index in [1.54, 1.807) is 67.6 Å². The van der Waals surface area contributed by atoms with Gasteiger partial charge in [-0.3, -0.25) is 14.4 Å². The molecule has 0 heterocycles. The van der Waals surface area contributed by atoms with Crippen LogP contribution < -0.4 is 10.1 Å². The Hall–Kier alpha value is -4.79. The molecule has 0 radical (unpaired) electrons. The first-order valence-corrected chi connectivity index (χ1v) is 19.0. The van der Waals surface area contributed by atoms with Crippen LogP contribution in [0.5, 0.6) is 5.75 Å². The van der Waals surface area contributed by atoms with Crippen LogP contribution in [0.25, 0.3) is 0 Å². The third-order valence-electron chi connectivity index (χ3n) is 9.02. The zero-order valence-electron chi connectivity index (χ0n) is 31.7. The van der Waals surface area contributed by atoms with Gasteiger partial charge in [-0.1, -0.05) is 106 Å². The first kappa shape index (κ1) is 45.4. The highest BCUT2D eigenvalue weighted by molar-refractivity contribution is 5.98. The van der Waals surface area contributed by atoms with E-state index in [0.717, 1.165) is 38.5 Å². The van der Waals surface area contributed by atoms with Crippen LogP contribution in [-0.2, 0) is 30.3 Å². The van der Waals surface area contributed by atoms with Crippen LogP contribution in [0.15, 0.2) is 66.7 Å². The van der Waals surface area contributed by atoms with Gasteiger partial charge in [-0.2, -0.15) is 0 Å². The molecule has 0 bridgehead atoms. The summed E-state index contributed by atoms with van der Waals surface area (Å²) >= 11 is 0. The Morgan fingerprint density at radius 3 is 2.15 bits per heavy atom. The van der Waals surface area contributed by atoms with E-state index in [-0.39, 0.29) is 18.8 Å². The van der Waals surface area contributed by atoms with Crippen LogP contribution in [0.4, 0.5) is 0 Å². The van der Waals surface area contributed by atoms with Crippen molar-refractivity contribution >= 4 is 29.4 Å². The highest BCUT2D eigenvalue weighted by Gasteiger charge is 2.47. The lowest BCUT2D eigenvalue weighted by Gasteiger charge is -2.30. The second kappa shape index (κ2) is 26.1. The molecule has 2 aromatic rings. The van der Waals surface area contributed by atoms with Crippen molar-refractivity contribution in [2.45, 2.75) is 115 Å². The molecule has 0 spiro atoms. The predicted molar refractivity (Wildman–Crippen MR) is 206 cm³/mol. The maximum Gasteiger partial charge on any atom is 0.336 e. The molecule has 2 aromatic carbocycles. The van der Waals surface area contributed by atoms with Crippen LogP contribution in [0.2, 0.25) is 0 Å². The molecule has 54 heavy (non-hydrogen) atoms. The molecular weight excluding hydrogens is 690 g/mol. The molecule has 0 unspecified atom stereocenters. The van der Waals surface area contributed by atoms with E-state index < -0.39 is 60.8 Å². The number of hydrogen-bond donors (Lipinski definition) is 4. The molecule has 0 saturated heterocycles. The maximum absolute atomic E-state index is 13.8. The third-order valence-corrected chi connectivity index (χ3v) is 9.02. The second-order valence-electron chi connectivity index (χ2n) is 13.3. The van der Waals surface area contributed by atoms with Gasteiger partial charge in [0.05, 0.1) is 5.92 Å². The van der Waals surface area contributed by atoms with E-state index >= 15 is 0 Å². The number of aliphatic hydroxyl groups excluding tert-OH is 1. The molecule has 0 saturated carbocycles. The summed E-state index contributed by atoms with van der Waals surface area (Å²) in [7, 11) is 0. The molecule has 11 nitrogen and oxygen atoms in total. The lowest BCUT2D eigenvalue weighted by Crippen LogP contribution is -2.55. The molecule has 4 N–H and O–H groups in total. The number of rotatable bonds is 28. The molecule has 0 aliphatic heterocycles. The molecule has 0 aliphatic rings. The SMILES string of the molecule is CC#CCOc1ccc(C[C@H](NC(=O)[C@@H](C=CCCCCCCC(=O)CCCCCCC)[C@@](O)(CCO)C(=O)O)C(=O)OCC(=O)c2ccccc2)cc1. The van der Waals surface area contributed by atoms with Crippen molar-refractivity contribution in [2.75, 3.05) is 19.8 Å². The topological polar surface area (TPSA) is 177 Å². The molecule has 0 aromatic heterocycles. The predicted octanol–water partition coefficient (Wildman–Crippen LogP) is 6.18. The Kier molecular flexibility index (Phi) is 21.9. The van der Waals surface area contributed by atoms with E-state index in [0.29, 0.717) is 42.6 Å². The summed E-state index contributed by atoms with van der Waals surface area (Å²) in [6.45, 7) is 2.72. The average Bonchev–Trinajstić information content (AvgIpc) is 3.16. The molecule has 0 aliphatic carbocycles. The van der Waals surface area contributed by atoms with Crippen LogP contribution in [0, 0.1) is 17.8 Å². The van der Waals surface area contributed by atoms with Crippen molar-refractivity contribution in [1.29, 1.82) is 0 Å². The van der Waals surface area contributed by atoms with Gasteiger partial charge < -0.3 is 30.1 Å². The van der Waals surface area contributed by atoms with Crippen molar-refractivity contribution in [2.24, 2.45) is 5.92 Å². The minimum Gasteiger partial charge on any atom is -0.481 e. The van der Waals surface area contributed by atoms with Gasteiger partial charge >= 0.3 is 11.9 Å². The van der Waals surface area contributed by atoms with Crippen LogP contribution in [0.1, 0.15) is 113 Å². The van der Waals surface area contributed by atoms with E-state index in [9.17, 15) is 39.3 Å². The molecule has 0 fully saturated rings. The van der Waals surface area contributed by atoms with Gasteiger partial charge in [0.2, 0.25) is 5.91 Å². The second-order valence-corrected chi connectivity index (χ2v) is 13.3. The minimum atomic E-state index is -2.69. The number of allylic oxidation sites excluding steroid dienone is 1. The number of carboxylic acids is 1. The quantitative estimate of drug-likeness (QED) is 0.0258. The number of amides is 1. The summed E-state index contributed by atoms with van der Waals surface area (Å²) in [5.74, 6) is 0.561. The number of carbonyl (C=O) groups is 5. The molecule has 11 heteroatoms. The summed E-state index contributed by atoms with van der Waals surface area (Å²) < 4.78 is 10.9. The minimum absolute atomic E-state index is 0.0948. The van der Waals surface area contributed by atoms with Crippen molar-refractivity contribution in [3.8, 4) is 17.6 Å². The summed E-state index contributed by atoms with van der Waals surface area (Å²) in [4.78, 5) is 64.4. The van der Waals surface area contributed by atoms with Gasteiger partial charge in [0, 0.05) is 37.9 Å². The number of aliphatic hydroxyl groups is 2. The van der Waals surface area contributed by atoms with E-state index in [2.05, 4.69) is 24.1 Å². The van der Waals surface area contributed by atoms with Crippen molar-refractivity contribution in [1.82, 2.24) is 5.32 Å². The average molecular weight is 748 g/mol. The highest BCUT2D eigenvalue weighted by atomic mass is 16.5. The number of carboxylic acid groups (broad SMARTS) is 1. The van der Waals surface area contributed by atoms with Gasteiger partial charge in [-0.25, -0.2) is 9.59 Å². The van der Waals surface area contributed by atoms with Gasteiger partial charge in [-0.15, -0.1) is 5.92 Å². The van der Waals surface area contributed by atoms with Crippen molar-refractivity contribution < 1.29 is 48.8 Å². The number of aliphatic carboxylic acids is 1. The number of carbonyl (C=O) groups excluding carboxylic acids is 4. The zero-order valence-corrected chi connectivity index (χ0v) is 31.7.